The normalized spacial score (nSPS) is 16.5. The van der Waals surface area contributed by atoms with Crippen LogP contribution in [0.1, 0.15) is 23.1 Å². The Bertz CT molecular complexity index is 835. The standard InChI is InChI=1S/C23H28N2O3/c1-17-8-7-11-21(18(17)2)25-16-20(14-22(25)26)23(27)24(12-13-28-3)15-19-9-5-4-6-10-19/h4-11,20H,12-16H2,1-3H3. The van der Waals surface area contributed by atoms with Crippen molar-refractivity contribution >= 4 is 17.5 Å². The highest BCUT2D eigenvalue weighted by Gasteiger charge is 2.37. The lowest BCUT2D eigenvalue weighted by Gasteiger charge is -2.26. The summed E-state index contributed by atoms with van der Waals surface area (Å²) in [6.07, 6.45) is 0.254. The fourth-order valence-corrected chi connectivity index (χ4v) is 3.66. The molecule has 5 heteroatoms. The average Bonchev–Trinajstić information content (AvgIpc) is 3.09. The summed E-state index contributed by atoms with van der Waals surface area (Å²) in [5.74, 6) is -0.298. The van der Waals surface area contributed by atoms with Gasteiger partial charge in [0.15, 0.2) is 0 Å². The molecule has 0 N–H and O–H groups in total. The fraction of sp³-hybridized carbons (Fsp3) is 0.391. The van der Waals surface area contributed by atoms with Crippen molar-refractivity contribution in [1.82, 2.24) is 4.90 Å². The van der Waals surface area contributed by atoms with E-state index in [-0.39, 0.29) is 24.2 Å². The Morgan fingerprint density at radius 2 is 1.89 bits per heavy atom. The van der Waals surface area contributed by atoms with Crippen LogP contribution in [-0.4, -0.2) is 43.5 Å². The van der Waals surface area contributed by atoms with E-state index in [4.69, 9.17) is 4.74 Å². The number of benzene rings is 2. The highest BCUT2D eigenvalue weighted by Crippen LogP contribution is 2.30. The summed E-state index contributed by atoms with van der Waals surface area (Å²) >= 11 is 0. The van der Waals surface area contributed by atoms with Crippen molar-refractivity contribution < 1.29 is 14.3 Å². The number of hydrogen-bond acceptors (Lipinski definition) is 3. The monoisotopic (exact) mass is 380 g/mol. The fourth-order valence-electron chi connectivity index (χ4n) is 3.66. The van der Waals surface area contributed by atoms with Gasteiger partial charge in [-0.25, -0.2) is 0 Å². The second kappa shape index (κ2) is 9.02. The lowest BCUT2D eigenvalue weighted by Crippen LogP contribution is -2.39. The van der Waals surface area contributed by atoms with Crippen LogP contribution in [0.5, 0.6) is 0 Å². The van der Waals surface area contributed by atoms with E-state index in [2.05, 4.69) is 0 Å². The number of hydrogen-bond donors (Lipinski definition) is 0. The lowest BCUT2D eigenvalue weighted by atomic mass is 10.1. The van der Waals surface area contributed by atoms with Crippen molar-refractivity contribution in [2.45, 2.75) is 26.8 Å². The molecule has 1 atom stereocenters. The highest BCUT2D eigenvalue weighted by molar-refractivity contribution is 6.00. The van der Waals surface area contributed by atoms with Crippen LogP contribution in [0.25, 0.3) is 0 Å². The molecule has 0 spiro atoms. The van der Waals surface area contributed by atoms with Crippen molar-refractivity contribution in [3.05, 3.63) is 65.2 Å². The Balaban J connectivity index is 1.76. The van der Waals surface area contributed by atoms with Gasteiger partial charge in [-0.15, -0.1) is 0 Å². The molecule has 148 valence electrons. The third kappa shape index (κ3) is 4.42. The molecule has 2 aromatic carbocycles. The third-order valence-corrected chi connectivity index (χ3v) is 5.43. The van der Waals surface area contributed by atoms with Crippen LogP contribution < -0.4 is 4.90 Å². The maximum Gasteiger partial charge on any atom is 0.228 e. The number of nitrogens with zero attached hydrogens (tertiary/aromatic N) is 2. The van der Waals surface area contributed by atoms with Crippen LogP contribution in [0.2, 0.25) is 0 Å². The molecule has 1 saturated heterocycles. The Kier molecular flexibility index (Phi) is 6.47. The van der Waals surface area contributed by atoms with Gasteiger partial charge in [-0.1, -0.05) is 42.5 Å². The van der Waals surface area contributed by atoms with Crippen LogP contribution >= 0.6 is 0 Å². The van der Waals surface area contributed by atoms with Gasteiger partial charge in [-0.3, -0.25) is 9.59 Å². The molecule has 0 bridgehead atoms. The van der Waals surface area contributed by atoms with Crippen LogP contribution in [0.4, 0.5) is 5.69 Å². The first-order valence-electron chi connectivity index (χ1n) is 9.69. The molecule has 2 aromatic rings. The van der Waals surface area contributed by atoms with Crippen LogP contribution in [-0.2, 0) is 20.9 Å². The number of anilines is 1. The zero-order valence-electron chi connectivity index (χ0n) is 16.9. The molecule has 28 heavy (non-hydrogen) atoms. The summed E-state index contributed by atoms with van der Waals surface area (Å²) < 4.78 is 5.19. The summed E-state index contributed by atoms with van der Waals surface area (Å²) in [7, 11) is 1.63. The largest absolute Gasteiger partial charge is 0.383 e. The zero-order chi connectivity index (χ0) is 20.1. The van der Waals surface area contributed by atoms with E-state index in [1.165, 1.54) is 0 Å². The highest BCUT2D eigenvalue weighted by atomic mass is 16.5. The number of carbonyl (C=O) groups excluding carboxylic acids is 2. The second-order valence-electron chi connectivity index (χ2n) is 7.36. The van der Waals surface area contributed by atoms with Crippen LogP contribution in [0.3, 0.4) is 0 Å². The molecular formula is C23H28N2O3. The zero-order valence-corrected chi connectivity index (χ0v) is 16.9. The van der Waals surface area contributed by atoms with Gasteiger partial charge in [0.1, 0.15) is 0 Å². The summed E-state index contributed by atoms with van der Waals surface area (Å²) in [4.78, 5) is 29.5. The predicted molar refractivity (Wildman–Crippen MR) is 110 cm³/mol. The first kappa shape index (κ1) is 20.1. The first-order valence-corrected chi connectivity index (χ1v) is 9.69. The Morgan fingerprint density at radius 1 is 1.14 bits per heavy atom. The number of ether oxygens (including phenoxy) is 1. The van der Waals surface area contributed by atoms with E-state index in [9.17, 15) is 9.59 Å². The molecule has 0 aliphatic carbocycles. The van der Waals surface area contributed by atoms with E-state index in [1.807, 2.05) is 67.3 Å². The molecule has 2 amide bonds. The van der Waals surface area contributed by atoms with Gasteiger partial charge in [0.25, 0.3) is 0 Å². The van der Waals surface area contributed by atoms with Gasteiger partial charge < -0.3 is 14.5 Å². The van der Waals surface area contributed by atoms with Gasteiger partial charge in [0.05, 0.1) is 12.5 Å². The Labute approximate surface area is 166 Å². The van der Waals surface area contributed by atoms with Crippen molar-refractivity contribution in [3.63, 3.8) is 0 Å². The predicted octanol–water partition coefficient (Wildman–Crippen LogP) is 3.33. The average molecular weight is 380 g/mol. The lowest BCUT2D eigenvalue weighted by molar-refractivity contribution is -0.137. The minimum absolute atomic E-state index is 0.0125. The third-order valence-electron chi connectivity index (χ3n) is 5.43. The molecule has 0 radical (unpaired) electrons. The Hall–Kier alpha value is -2.66. The molecule has 1 aliphatic rings. The van der Waals surface area contributed by atoms with Gasteiger partial charge in [-0.05, 0) is 36.6 Å². The summed E-state index contributed by atoms with van der Waals surface area (Å²) in [5, 5.41) is 0. The molecule has 1 aliphatic heterocycles. The van der Waals surface area contributed by atoms with E-state index in [0.717, 1.165) is 22.4 Å². The smallest absolute Gasteiger partial charge is 0.228 e. The molecule has 5 nitrogen and oxygen atoms in total. The Morgan fingerprint density at radius 3 is 2.61 bits per heavy atom. The van der Waals surface area contributed by atoms with Gasteiger partial charge in [0, 0.05) is 38.9 Å². The molecule has 1 fully saturated rings. The first-order chi connectivity index (χ1) is 13.5. The summed E-state index contributed by atoms with van der Waals surface area (Å²) in [6.45, 7) is 6.00. The van der Waals surface area contributed by atoms with Gasteiger partial charge in [-0.2, -0.15) is 0 Å². The molecule has 3 rings (SSSR count). The molecule has 1 heterocycles. The van der Waals surface area contributed by atoms with E-state index in [1.54, 1.807) is 12.0 Å². The van der Waals surface area contributed by atoms with Gasteiger partial charge in [0.2, 0.25) is 11.8 Å². The van der Waals surface area contributed by atoms with Crippen molar-refractivity contribution in [1.29, 1.82) is 0 Å². The number of aryl methyl sites for hydroxylation is 1. The maximum absolute atomic E-state index is 13.2. The van der Waals surface area contributed by atoms with E-state index >= 15 is 0 Å². The summed E-state index contributed by atoms with van der Waals surface area (Å²) in [5.41, 5.74) is 4.21. The van der Waals surface area contributed by atoms with Crippen LogP contribution in [0, 0.1) is 19.8 Å². The molecule has 0 saturated carbocycles. The molecular weight excluding hydrogens is 352 g/mol. The number of methoxy groups -OCH3 is 1. The van der Waals surface area contributed by atoms with Crippen molar-refractivity contribution in [3.8, 4) is 0 Å². The van der Waals surface area contributed by atoms with Gasteiger partial charge >= 0.3 is 0 Å². The van der Waals surface area contributed by atoms with E-state index in [0.29, 0.717) is 26.2 Å². The quantitative estimate of drug-likeness (QED) is 0.740. The molecule has 0 aromatic heterocycles. The molecule has 1 unspecified atom stereocenters. The topological polar surface area (TPSA) is 49.9 Å². The van der Waals surface area contributed by atoms with Crippen molar-refractivity contribution in [2.75, 3.05) is 31.7 Å². The SMILES string of the molecule is COCCN(Cc1ccccc1)C(=O)C1CC(=O)N(c2cccc(C)c2C)C1. The van der Waals surface area contributed by atoms with E-state index < -0.39 is 0 Å². The minimum Gasteiger partial charge on any atom is -0.383 e. The number of carbonyl (C=O) groups is 2. The summed E-state index contributed by atoms with van der Waals surface area (Å²) in [6, 6.07) is 15.9. The number of rotatable bonds is 7. The number of amides is 2. The maximum atomic E-state index is 13.2. The van der Waals surface area contributed by atoms with Crippen molar-refractivity contribution in [2.24, 2.45) is 5.92 Å². The minimum atomic E-state index is -0.326. The van der Waals surface area contributed by atoms with Crippen LogP contribution in [0.15, 0.2) is 48.5 Å². The second-order valence-corrected chi connectivity index (χ2v) is 7.36.